The van der Waals surface area contributed by atoms with Gasteiger partial charge in [-0.05, 0) is 43.7 Å². The molecule has 0 radical (unpaired) electrons. The van der Waals surface area contributed by atoms with Crippen LogP contribution < -0.4 is 19.5 Å². The third kappa shape index (κ3) is 3.37. The Kier molecular flexibility index (Phi) is 5.34. The van der Waals surface area contributed by atoms with Crippen LogP contribution >= 0.6 is 0 Å². The van der Waals surface area contributed by atoms with E-state index in [0.29, 0.717) is 19.0 Å². The molecule has 0 bridgehead atoms. The standard InChI is InChI=1S/C20H25NO4/c1-4-24-17-11-13-9-10-21-19(15(13)12-18(17)25-5-2)14-7-6-8-16(23-3)20(14)22/h6-8,11-12,19,21-22H,4-5,9-10H2,1-3H3/p+1/t19-/m1/s1. The van der Waals surface area contributed by atoms with Crippen LogP contribution in [0.3, 0.4) is 0 Å². The number of hydrogen-bond donors (Lipinski definition) is 2. The molecule has 3 rings (SSSR count). The molecule has 0 amide bonds. The van der Waals surface area contributed by atoms with Crippen molar-refractivity contribution in [3.05, 3.63) is 47.0 Å². The first-order chi connectivity index (χ1) is 12.2. The zero-order valence-corrected chi connectivity index (χ0v) is 15.0. The van der Waals surface area contributed by atoms with Gasteiger partial charge < -0.3 is 24.6 Å². The van der Waals surface area contributed by atoms with Crippen LogP contribution in [0.1, 0.15) is 36.6 Å². The van der Waals surface area contributed by atoms with E-state index in [9.17, 15) is 5.11 Å². The van der Waals surface area contributed by atoms with E-state index in [1.807, 2.05) is 26.0 Å². The summed E-state index contributed by atoms with van der Waals surface area (Å²) in [5.41, 5.74) is 3.25. The van der Waals surface area contributed by atoms with Crippen LogP contribution in [0.25, 0.3) is 0 Å². The number of hydrogen-bond acceptors (Lipinski definition) is 4. The van der Waals surface area contributed by atoms with Crippen molar-refractivity contribution >= 4 is 0 Å². The van der Waals surface area contributed by atoms with Crippen LogP contribution in [-0.4, -0.2) is 32.0 Å². The molecule has 25 heavy (non-hydrogen) atoms. The molecule has 0 saturated heterocycles. The van der Waals surface area contributed by atoms with Gasteiger partial charge in [0.15, 0.2) is 23.0 Å². The minimum absolute atomic E-state index is 0.00809. The van der Waals surface area contributed by atoms with Crippen molar-refractivity contribution < 1.29 is 24.6 Å². The Bertz CT molecular complexity index is 745. The van der Waals surface area contributed by atoms with E-state index in [0.717, 1.165) is 35.6 Å². The molecule has 0 spiro atoms. The summed E-state index contributed by atoms with van der Waals surface area (Å²) in [7, 11) is 1.57. The van der Waals surface area contributed by atoms with E-state index >= 15 is 0 Å². The monoisotopic (exact) mass is 344 g/mol. The average Bonchev–Trinajstić information content (AvgIpc) is 2.62. The predicted molar refractivity (Wildman–Crippen MR) is 95.8 cm³/mol. The van der Waals surface area contributed by atoms with Gasteiger partial charge in [0, 0.05) is 12.0 Å². The highest BCUT2D eigenvalue weighted by atomic mass is 16.5. The zero-order chi connectivity index (χ0) is 17.8. The van der Waals surface area contributed by atoms with Crippen molar-refractivity contribution in [2.45, 2.75) is 26.3 Å². The number of fused-ring (bicyclic) bond motifs is 1. The molecule has 5 nitrogen and oxygen atoms in total. The smallest absolute Gasteiger partial charge is 0.167 e. The molecule has 1 atom stereocenters. The molecule has 0 fully saturated rings. The summed E-state index contributed by atoms with van der Waals surface area (Å²) in [6.07, 6.45) is 0.961. The molecule has 1 aliphatic rings. The number of phenolic OH excluding ortho intramolecular Hbond substituents is 1. The van der Waals surface area contributed by atoms with E-state index < -0.39 is 0 Å². The van der Waals surface area contributed by atoms with Crippen molar-refractivity contribution in [3.63, 3.8) is 0 Å². The number of quaternary nitrogens is 1. The highest BCUT2D eigenvalue weighted by molar-refractivity contribution is 5.54. The molecule has 1 aliphatic heterocycles. The summed E-state index contributed by atoms with van der Waals surface area (Å²) >= 11 is 0. The molecule has 134 valence electrons. The summed E-state index contributed by atoms with van der Waals surface area (Å²) in [6, 6.07) is 9.78. The van der Waals surface area contributed by atoms with Crippen LogP contribution in [0.2, 0.25) is 0 Å². The summed E-state index contributed by atoms with van der Waals surface area (Å²) in [6.45, 7) is 6.07. The Hall–Kier alpha value is -2.40. The zero-order valence-electron chi connectivity index (χ0n) is 15.0. The molecule has 0 unspecified atom stereocenters. The van der Waals surface area contributed by atoms with Crippen LogP contribution in [0.4, 0.5) is 0 Å². The van der Waals surface area contributed by atoms with Crippen molar-refractivity contribution in [1.82, 2.24) is 0 Å². The van der Waals surface area contributed by atoms with Gasteiger partial charge >= 0.3 is 0 Å². The molecular formula is C20H26NO4+. The summed E-state index contributed by atoms with van der Waals surface area (Å²) in [5, 5.41) is 12.8. The number of rotatable bonds is 6. The van der Waals surface area contributed by atoms with Gasteiger partial charge in [-0.15, -0.1) is 0 Å². The Morgan fingerprint density at radius 1 is 1.04 bits per heavy atom. The van der Waals surface area contributed by atoms with Crippen molar-refractivity contribution in [1.29, 1.82) is 0 Å². The van der Waals surface area contributed by atoms with Crippen molar-refractivity contribution in [2.75, 3.05) is 26.9 Å². The quantitative estimate of drug-likeness (QED) is 0.845. The molecule has 3 N–H and O–H groups in total. The maximum absolute atomic E-state index is 10.6. The molecule has 2 aromatic rings. The van der Waals surface area contributed by atoms with E-state index in [4.69, 9.17) is 14.2 Å². The van der Waals surface area contributed by atoms with Gasteiger partial charge in [0.2, 0.25) is 0 Å². The Labute approximate surface area is 148 Å². The maximum atomic E-state index is 10.6. The molecule has 2 aromatic carbocycles. The fourth-order valence-electron chi connectivity index (χ4n) is 3.44. The average molecular weight is 344 g/mol. The minimum atomic E-state index is 0.00809. The number of ether oxygens (including phenoxy) is 3. The lowest BCUT2D eigenvalue weighted by atomic mass is 9.89. The highest BCUT2D eigenvalue weighted by Gasteiger charge is 2.30. The van der Waals surface area contributed by atoms with Gasteiger partial charge in [0.25, 0.3) is 0 Å². The summed E-state index contributed by atoms with van der Waals surface area (Å²) in [4.78, 5) is 0. The Morgan fingerprint density at radius 3 is 2.44 bits per heavy atom. The number of aromatic hydroxyl groups is 1. The minimum Gasteiger partial charge on any atom is -0.504 e. The third-order valence-corrected chi connectivity index (χ3v) is 4.54. The highest BCUT2D eigenvalue weighted by Crippen LogP contribution is 2.40. The number of phenols is 1. The fourth-order valence-corrected chi connectivity index (χ4v) is 3.44. The lowest BCUT2D eigenvalue weighted by Crippen LogP contribution is -2.87. The lowest BCUT2D eigenvalue weighted by molar-refractivity contribution is -0.690. The van der Waals surface area contributed by atoms with Gasteiger partial charge in [-0.3, -0.25) is 0 Å². The second-order valence-corrected chi connectivity index (χ2v) is 6.01. The van der Waals surface area contributed by atoms with Crippen LogP contribution in [-0.2, 0) is 6.42 Å². The number of methoxy groups -OCH3 is 1. The molecule has 1 heterocycles. The van der Waals surface area contributed by atoms with E-state index in [1.165, 1.54) is 5.56 Å². The topological polar surface area (TPSA) is 64.5 Å². The van der Waals surface area contributed by atoms with Gasteiger partial charge in [-0.25, -0.2) is 0 Å². The predicted octanol–water partition coefficient (Wildman–Crippen LogP) is 2.41. The third-order valence-electron chi connectivity index (χ3n) is 4.54. The second-order valence-electron chi connectivity index (χ2n) is 6.01. The van der Waals surface area contributed by atoms with Gasteiger partial charge in [0.1, 0.15) is 6.04 Å². The fraction of sp³-hybridized carbons (Fsp3) is 0.400. The van der Waals surface area contributed by atoms with Gasteiger partial charge in [-0.2, -0.15) is 0 Å². The molecule has 0 aromatic heterocycles. The number of benzene rings is 2. The molecule has 0 aliphatic carbocycles. The van der Waals surface area contributed by atoms with E-state index in [2.05, 4.69) is 17.4 Å². The molecular weight excluding hydrogens is 318 g/mol. The molecule has 0 saturated carbocycles. The van der Waals surface area contributed by atoms with Crippen molar-refractivity contribution in [3.8, 4) is 23.0 Å². The number of para-hydroxylation sites is 1. The SMILES string of the molecule is CCOc1cc2c(cc1OCC)[C@@H](c1cccc(OC)c1O)[NH2+]CC2. The normalized spacial score (nSPS) is 16.2. The first kappa shape index (κ1) is 17.4. The molecule has 5 heteroatoms. The van der Waals surface area contributed by atoms with Crippen LogP contribution in [0, 0.1) is 0 Å². The largest absolute Gasteiger partial charge is 0.504 e. The van der Waals surface area contributed by atoms with E-state index in [1.54, 1.807) is 13.2 Å². The van der Waals surface area contributed by atoms with Crippen LogP contribution in [0.15, 0.2) is 30.3 Å². The maximum Gasteiger partial charge on any atom is 0.167 e. The lowest BCUT2D eigenvalue weighted by Gasteiger charge is -2.26. The first-order valence-electron chi connectivity index (χ1n) is 8.81. The van der Waals surface area contributed by atoms with Crippen LogP contribution in [0.5, 0.6) is 23.0 Å². The first-order valence-corrected chi connectivity index (χ1v) is 8.81. The Balaban J connectivity index is 2.08. The van der Waals surface area contributed by atoms with Crippen molar-refractivity contribution in [2.24, 2.45) is 0 Å². The van der Waals surface area contributed by atoms with Gasteiger partial charge in [-0.1, -0.05) is 6.07 Å². The Morgan fingerprint density at radius 2 is 1.76 bits per heavy atom. The van der Waals surface area contributed by atoms with Gasteiger partial charge in [0.05, 0.1) is 32.4 Å². The second kappa shape index (κ2) is 7.66. The van der Waals surface area contributed by atoms with E-state index in [-0.39, 0.29) is 11.8 Å². The summed E-state index contributed by atoms with van der Waals surface area (Å²) < 4.78 is 16.8. The number of nitrogens with two attached hydrogens (primary N) is 1. The summed E-state index contributed by atoms with van der Waals surface area (Å²) in [5.74, 6) is 2.24.